The average Bonchev–Trinajstić information content (AvgIpc) is 2.69. The van der Waals surface area contributed by atoms with Gasteiger partial charge in [-0.1, -0.05) is 49.6 Å². The van der Waals surface area contributed by atoms with Crippen LogP contribution in [0, 0.1) is 6.92 Å². The van der Waals surface area contributed by atoms with Gasteiger partial charge in [0, 0.05) is 5.39 Å². The van der Waals surface area contributed by atoms with Gasteiger partial charge in [-0.05, 0) is 49.4 Å². The van der Waals surface area contributed by atoms with Crippen molar-refractivity contribution in [1.82, 2.24) is 9.97 Å². The third-order valence-corrected chi connectivity index (χ3v) is 5.25. The Labute approximate surface area is 159 Å². The highest BCUT2D eigenvalue weighted by molar-refractivity contribution is 5.93. The zero-order chi connectivity index (χ0) is 18.6. The third-order valence-electron chi connectivity index (χ3n) is 5.25. The van der Waals surface area contributed by atoms with E-state index in [1.165, 1.54) is 37.7 Å². The number of aromatic nitrogens is 2. The molecule has 0 aliphatic heterocycles. The Morgan fingerprint density at radius 2 is 1.74 bits per heavy atom. The van der Waals surface area contributed by atoms with E-state index in [-0.39, 0.29) is 5.96 Å². The van der Waals surface area contributed by atoms with Crippen molar-refractivity contribution >= 4 is 28.5 Å². The second kappa shape index (κ2) is 7.74. The minimum absolute atomic E-state index is 0.287. The van der Waals surface area contributed by atoms with Gasteiger partial charge in [-0.3, -0.25) is 5.32 Å². The molecule has 5 heteroatoms. The number of hydrogen-bond acceptors (Lipinski definition) is 3. The maximum absolute atomic E-state index is 6.07. The fraction of sp³-hybridized carbons (Fsp3) is 0.318. The van der Waals surface area contributed by atoms with Gasteiger partial charge in [-0.25, -0.2) is 15.0 Å². The molecule has 3 N–H and O–H groups in total. The lowest BCUT2D eigenvalue weighted by molar-refractivity contribution is 0.443. The van der Waals surface area contributed by atoms with E-state index in [2.05, 4.69) is 32.4 Å². The highest BCUT2D eigenvalue weighted by Crippen LogP contribution is 2.33. The molecule has 1 heterocycles. The van der Waals surface area contributed by atoms with Gasteiger partial charge >= 0.3 is 0 Å². The van der Waals surface area contributed by atoms with Crippen LogP contribution in [0.25, 0.3) is 10.9 Å². The van der Waals surface area contributed by atoms with Crippen molar-refractivity contribution < 1.29 is 0 Å². The number of nitrogens with two attached hydrogens (primary N) is 1. The van der Waals surface area contributed by atoms with Crippen LogP contribution in [0.3, 0.4) is 0 Å². The van der Waals surface area contributed by atoms with Crippen LogP contribution in [0.5, 0.6) is 0 Å². The van der Waals surface area contributed by atoms with Crippen LogP contribution in [0.2, 0.25) is 0 Å². The molecule has 27 heavy (non-hydrogen) atoms. The summed E-state index contributed by atoms with van der Waals surface area (Å²) in [6.45, 7) is 1.96. The van der Waals surface area contributed by atoms with E-state index in [0.29, 0.717) is 11.9 Å². The molecule has 3 aromatic rings. The number of hydrogen-bond donors (Lipinski definition) is 2. The molecule has 1 aromatic heterocycles. The van der Waals surface area contributed by atoms with Crippen LogP contribution in [-0.2, 0) is 0 Å². The van der Waals surface area contributed by atoms with Gasteiger partial charge in [-0.15, -0.1) is 0 Å². The van der Waals surface area contributed by atoms with Crippen molar-refractivity contribution in [1.29, 1.82) is 0 Å². The Morgan fingerprint density at radius 1 is 1.00 bits per heavy atom. The normalized spacial score (nSPS) is 15.8. The van der Waals surface area contributed by atoms with Crippen molar-refractivity contribution in [3.63, 3.8) is 0 Å². The Morgan fingerprint density at radius 3 is 2.52 bits per heavy atom. The number of aryl methyl sites for hydroxylation is 1. The van der Waals surface area contributed by atoms with Gasteiger partial charge in [0.1, 0.15) is 0 Å². The molecule has 0 amide bonds. The molecule has 0 atom stereocenters. The molecular formula is C22H25N5. The topological polar surface area (TPSA) is 76.2 Å². The molecule has 138 valence electrons. The van der Waals surface area contributed by atoms with E-state index in [1.54, 1.807) is 0 Å². The standard InChI is InChI=1S/C22H25N5/c1-15-19-9-5-6-10-20(19)26-22(24-15)27-21(23)25-18-13-11-17(12-14-18)16-7-3-2-4-8-16/h5-6,9-14,16H,2-4,7-8H2,1H3,(H3,23,24,25,26,27). The first kappa shape index (κ1) is 17.5. The number of guanidine groups is 1. The lowest BCUT2D eigenvalue weighted by Gasteiger charge is -2.21. The zero-order valence-corrected chi connectivity index (χ0v) is 15.7. The summed E-state index contributed by atoms with van der Waals surface area (Å²) in [5, 5.41) is 4.05. The summed E-state index contributed by atoms with van der Waals surface area (Å²) in [6.07, 6.45) is 6.65. The minimum atomic E-state index is 0.287. The molecule has 0 bridgehead atoms. The van der Waals surface area contributed by atoms with E-state index < -0.39 is 0 Å². The van der Waals surface area contributed by atoms with Crippen LogP contribution in [0.15, 0.2) is 53.5 Å². The summed E-state index contributed by atoms with van der Waals surface area (Å²) in [7, 11) is 0. The summed E-state index contributed by atoms with van der Waals surface area (Å²) in [5.41, 5.74) is 10.1. The van der Waals surface area contributed by atoms with Crippen molar-refractivity contribution in [2.75, 3.05) is 5.32 Å². The van der Waals surface area contributed by atoms with E-state index in [0.717, 1.165) is 22.3 Å². The molecule has 5 nitrogen and oxygen atoms in total. The van der Waals surface area contributed by atoms with Crippen molar-refractivity contribution in [3.05, 3.63) is 59.8 Å². The predicted octanol–water partition coefficient (Wildman–Crippen LogP) is 5.04. The van der Waals surface area contributed by atoms with Gasteiger partial charge in [0.05, 0.1) is 16.9 Å². The largest absolute Gasteiger partial charge is 0.369 e. The second-order valence-corrected chi connectivity index (χ2v) is 7.20. The number of benzene rings is 2. The Balaban J connectivity index is 1.49. The Bertz CT molecular complexity index is 956. The van der Waals surface area contributed by atoms with Gasteiger partial charge in [0.15, 0.2) is 0 Å². The quantitative estimate of drug-likeness (QED) is 0.507. The molecule has 4 rings (SSSR count). The molecule has 0 unspecified atom stereocenters. The number of anilines is 1. The molecule has 0 saturated heterocycles. The number of nitrogens with one attached hydrogen (secondary N) is 1. The number of nitrogens with zero attached hydrogens (tertiary/aromatic N) is 3. The summed E-state index contributed by atoms with van der Waals surface area (Å²) in [6, 6.07) is 16.3. The fourth-order valence-corrected chi connectivity index (χ4v) is 3.83. The van der Waals surface area contributed by atoms with Crippen LogP contribution < -0.4 is 11.1 Å². The molecule has 1 saturated carbocycles. The number of fused-ring (bicyclic) bond motifs is 1. The van der Waals surface area contributed by atoms with Crippen molar-refractivity contribution in [3.8, 4) is 0 Å². The summed E-state index contributed by atoms with van der Waals surface area (Å²) in [4.78, 5) is 13.4. The first-order valence-corrected chi connectivity index (χ1v) is 9.63. The fourth-order valence-electron chi connectivity index (χ4n) is 3.83. The molecular weight excluding hydrogens is 334 g/mol. The molecule has 1 aliphatic rings. The molecule has 0 radical (unpaired) electrons. The zero-order valence-electron chi connectivity index (χ0n) is 15.7. The molecule has 1 aliphatic carbocycles. The Kier molecular flexibility index (Phi) is 5.01. The predicted molar refractivity (Wildman–Crippen MR) is 111 cm³/mol. The van der Waals surface area contributed by atoms with E-state index in [9.17, 15) is 0 Å². The van der Waals surface area contributed by atoms with Crippen molar-refractivity contribution in [2.24, 2.45) is 10.7 Å². The van der Waals surface area contributed by atoms with Crippen LogP contribution >= 0.6 is 0 Å². The smallest absolute Gasteiger partial charge is 0.230 e. The van der Waals surface area contributed by atoms with Gasteiger partial charge < -0.3 is 5.73 Å². The van der Waals surface area contributed by atoms with Crippen molar-refractivity contribution in [2.45, 2.75) is 44.9 Å². The SMILES string of the molecule is Cc1nc(NC(N)=Nc2ccc(C3CCCCC3)cc2)nc2ccccc12. The second-order valence-electron chi connectivity index (χ2n) is 7.20. The number of rotatable bonds is 3. The minimum Gasteiger partial charge on any atom is -0.369 e. The first-order valence-electron chi connectivity index (χ1n) is 9.63. The van der Waals surface area contributed by atoms with E-state index in [4.69, 9.17) is 5.73 Å². The van der Waals surface area contributed by atoms with Gasteiger partial charge in [-0.2, -0.15) is 0 Å². The van der Waals surface area contributed by atoms with E-state index in [1.807, 2.05) is 43.3 Å². The monoisotopic (exact) mass is 359 g/mol. The highest BCUT2D eigenvalue weighted by Gasteiger charge is 2.15. The highest BCUT2D eigenvalue weighted by atomic mass is 15.2. The number of para-hydroxylation sites is 1. The molecule has 2 aromatic carbocycles. The van der Waals surface area contributed by atoms with Gasteiger partial charge in [0.25, 0.3) is 0 Å². The Hall–Kier alpha value is -2.95. The summed E-state index contributed by atoms with van der Waals surface area (Å²) >= 11 is 0. The maximum Gasteiger partial charge on any atom is 0.230 e. The summed E-state index contributed by atoms with van der Waals surface area (Å²) < 4.78 is 0. The van der Waals surface area contributed by atoms with Crippen LogP contribution in [0.4, 0.5) is 11.6 Å². The van der Waals surface area contributed by atoms with Crippen LogP contribution in [-0.4, -0.2) is 15.9 Å². The molecule has 1 fully saturated rings. The van der Waals surface area contributed by atoms with Gasteiger partial charge in [0.2, 0.25) is 11.9 Å². The van der Waals surface area contributed by atoms with E-state index >= 15 is 0 Å². The lowest BCUT2D eigenvalue weighted by atomic mass is 9.84. The van der Waals surface area contributed by atoms with Crippen LogP contribution in [0.1, 0.15) is 49.3 Å². The first-order chi connectivity index (χ1) is 13.2. The lowest BCUT2D eigenvalue weighted by Crippen LogP contribution is -2.23. The number of aliphatic imine (C=N–C) groups is 1. The average molecular weight is 359 g/mol. The third kappa shape index (κ3) is 4.08. The molecule has 0 spiro atoms. The summed E-state index contributed by atoms with van der Waals surface area (Å²) in [5.74, 6) is 1.45. The maximum atomic E-state index is 6.07.